The van der Waals surface area contributed by atoms with Gasteiger partial charge in [0.2, 0.25) is 15.9 Å². The first-order valence-electron chi connectivity index (χ1n) is 11.9. The number of para-hydroxylation sites is 2. The van der Waals surface area contributed by atoms with Crippen LogP contribution in [0.5, 0.6) is 23.0 Å². The Kier molecular flexibility index (Phi) is 8.96. The molecule has 4 aromatic carbocycles. The van der Waals surface area contributed by atoms with Crippen molar-refractivity contribution in [2.45, 2.75) is 6.61 Å². The number of benzene rings is 4. The number of rotatable bonds is 11. The van der Waals surface area contributed by atoms with Gasteiger partial charge in [-0.1, -0.05) is 54.1 Å². The van der Waals surface area contributed by atoms with Gasteiger partial charge < -0.3 is 19.5 Å². The van der Waals surface area contributed by atoms with E-state index < -0.39 is 22.5 Å². The van der Waals surface area contributed by atoms with E-state index in [1.165, 1.54) is 13.2 Å². The lowest BCUT2D eigenvalue weighted by Gasteiger charge is -2.22. The maximum absolute atomic E-state index is 13.0. The molecule has 0 radical (unpaired) electrons. The maximum atomic E-state index is 13.0. The first kappa shape index (κ1) is 27.8. The molecule has 4 aromatic rings. The van der Waals surface area contributed by atoms with Gasteiger partial charge >= 0.3 is 0 Å². The molecule has 4 rings (SSSR count). The summed E-state index contributed by atoms with van der Waals surface area (Å²) in [7, 11) is -2.27. The number of anilines is 2. The van der Waals surface area contributed by atoms with E-state index in [-0.39, 0.29) is 5.69 Å². The van der Waals surface area contributed by atoms with Gasteiger partial charge in [-0.05, 0) is 60.2 Å². The van der Waals surface area contributed by atoms with Crippen molar-refractivity contribution in [1.29, 1.82) is 0 Å². The number of nitrogens with zero attached hydrogens (tertiary/aromatic N) is 1. The summed E-state index contributed by atoms with van der Waals surface area (Å²) < 4.78 is 43.3. The van der Waals surface area contributed by atoms with E-state index in [4.69, 9.17) is 25.8 Å². The van der Waals surface area contributed by atoms with E-state index in [1.54, 1.807) is 60.7 Å². The van der Waals surface area contributed by atoms with Crippen molar-refractivity contribution < 1.29 is 27.4 Å². The lowest BCUT2D eigenvalue weighted by atomic mass is 10.2. The summed E-state index contributed by atoms with van der Waals surface area (Å²) in [6.07, 6.45) is 1.04. The monoisotopic (exact) mass is 566 g/mol. The number of carbonyl (C=O) groups excluding carboxylic acids is 1. The maximum Gasteiger partial charge on any atom is 0.245 e. The zero-order valence-electron chi connectivity index (χ0n) is 21.3. The number of carbonyl (C=O) groups is 1. The Balaban J connectivity index is 1.48. The van der Waals surface area contributed by atoms with Crippen LogP contribution >= 0.6 is 11.6 Å². The minimum atomic E-state index is -3.79. The highest BCUT2D eigenvalue weighted by molar-refractivity contribution is 7.92. The first-order chi connectivity index (χ1) is 18.7. The number of nitrogens with one attached hydrogen (secondary N) is 1. The number of ether oxygens (including phenoxy) is 3. The molecule has 0 spiro atoms. The Bertz CT molecular complexity index is 1530. The highest BCUT2D eigenvalue weighted by atomic mass is 35.5. The third-order valence-electron chi connectivity index (χ3n) is 5.57. The molecule has 0 unspecified atom stereocenters. The fourth-order valence-electron chi connectivity index (χ4n) is 3.68. The topological polar surface area (TPSA) is 94.2 Å². The molecule has 10 heteroatoms. The third-order valence-corrected chi connectivity index (χ3v) is 6.94. The summed E-state index contributed by atoms with van der Waals surface area (Å²) in [5, 5.41) is 3.08. The Hall–Kier alpha value is -4.21. The normalized spacial score (nSPS) is 10.9. The molecule has 0 atom stereocenters. The summed E-state index contributed by atoms with van der Waals surface area (Å²) >= 11 is 6.17. The van der Waals surface area contributed by atoms with E-state index in [0.29, 0.717) is 40.3 Å². The number of sulfonamides is 1. The molecule has 0 aliphatic carbocycles. The van der Waals surface area contributed by atoms with E-state index >= 15 is 0 Å². The first-order valence-corrected chi connectivity index (χ1v) is 14.1. The molecular formula is C29H27ClN2O6S. The SMILES string of the molecule is COc1ccccc1Oc1ccc(Cl)cc1NC(=O)CN(c1ccc(OCc2ccccc2)cc1)S(C)(=O)=O. The van der Waals surface area contributed by atoms with Crippen LogP contribution in [-0.2, 0) is 21.4 Å². The van der Waals surface area contributed by atoms with Crippen LogP contribution in [0, 0.1) is 0 Å². The molecule has 1 N–H and O–H groups in total. The molecule has 0 bridgehead atoms. The van der Waals surface area contributed by atoms with Crippen LogP contribution in [0.4, 0.5) is 11.4 Å². The van der Waals surface area contributed by atoms with Gasteiger partial charge in [-0.15, -0.1) is 0 Å². The zero-order chi connectivity index (χ0) is 27.8. The standard InChI is InChI=1S/C29H27ClN2O6S/c1-36-27-10-6-7-11-28(27)38-26-17-12-22(30)18-25(26)31-29(33)19-32(39(2,34)35)23-13-15-24(16-14-23)37-20-21-8-4-3-5-9-21/h3-18H,19-20H2,1-2H3,(H,31,33). The molecule has 0 fully saturated rings. The van der Waals surface area contributed by atoms with E-state index in [9.17, 15) is 13.2 Å². The van der Waals surface area contributed by atoms with Crippen LogP contribution in [0.25, 0.3) is 0 Å². The number of hydrogen-bond acceptors (Lipinski definition) is 6. The van der Waals surface area contributed by atoms with Gasteiger partial charge in [0.25, 0.3) is 0 Å². The highest BCUT2D eigenvalue weighted by Gasteiger charge is 2.22. The molecule has 0 aliphatic rings. The number of methoxy groups -OCH3 is 1. The minimum absolute atomic E-state index is 0.275. The smallest absolute Gasteiger partial charge is 0.245 e. The summed E-state index contributed by atoms with van der Waals surface area (Å²) in [6.45, 7) is -0.0963. The molecule has 0 aliphatic heterocycles. The number of hydrogen-bond donors (Lipinski definition) is 1. The summed E-state index contributed by atoms with van der Waals surface area (Å²) in [4.78, 5) is 13.0. The summed E-state index contributed by atoms with van der Waals surface area (Å²) in [6, 6.07) is 28.0. The van der Waals surface area contributed by atoms with E-state index in [1.807, 2.05) is 30.3 Å². The predicted molar refractivity (Wildman–Crippen MR) is 153 cm³/mol. The quantitative estimate of drug-likeness (QED) is 0.235. The second kappa shape index (κ2) is 12.6. The molecule has 0 aromatic heterocycles. The van der Waals surface area contributed by atoms with Gasteiger partial charge in [-0.3, -0.25) is 9.10 Å². The van der Waals surface area contributed by atoms with Gasteiger partial charge in [0.05, 0.1) is 24.7 Å². The van der Waals surface area contributed by atoms with Crippen LogP contribution in [0.15, 0.2) is 97.1 Å². The average molecular weight is 567 g/mol. The lowest BCUT2D eigenvalue weighted by molar-refractivity contribution is -0.114. The Morgan fingerprint density at radius 3 is 2.21 bits per heavy atom. The lowest BCUT2D eigenvalue weighted by Crippen LogP contribution is -2.37. The Labute approximate surface area is 232 Å². The molecule has 0 saturated heterocycles. The van der Waals surface area contributed by atoms with Crippen LogP contribution < -0.4 is 23.8 Å². The average Bonchev–Trinajstić information content (AvgIpc) is 2.92. The molecule has 0 heterocycles. The fourth-order valence-corrected chi connectivity index (χ4v) is 4.71. The van der Waals surface area contributed by atoms with E-state index in [2.05, 4.69) is 5.32 Å². The van der Waals surface area contributed by atoms with Crippen molar-refractivity contribution in [2.75, 3.05) is 29.5 Å². The van der Waals surface area contributed by atoms with Crippen molar-refractivity contribution in [1.82, 2.24) is 0 Å². The molecule has 202 valence electrons. The Morgan fingerprint density at radius 1 is 0.872 bits per heavy atom. The number of amides is 1. The fraction of sp³-hybridized carbons (Fsp3) is 0.138. The van der Waals surface area contributed by atoms with Crippen molar-refractivity contribution in [2.24, 2.45) is 0 Å². The zero-order valence-corrected chi connectivity index (χ0v) is 22.9. The van der Waals surface area contributed by atoms with Crippen molar-refractivity contribution in [3.8, 4) is 23.0 Å². The van der Waals surface area contributed by atoms with Crippen molar-refractivity contribution >= 4 is 38.9 Å². The van der Waals surface area contributed by atoms with Gasteiger partial charge in [0.1, 0.15) is 18.9 Å². The largest absolute Gasteiger partial charge is 0.493 e. The predicted octanol–water partition coefficient (Wildman–Crippen LogP) is 6.12. The second-order valence-electron chi connectivity index (χ2n) is 8.48. The molecule has 39 heavy (non-hydrogen) atoms. The van der Waals surface area contributed by atoms with Crippen LogP contribution in [0.3, 0.4) is 0 Å². The minimum Gasteiger partial charge on any atom is -0.493 e. The van der Waals surface area contributed by atoms with Crippen LogP contribution in [0.2, 0.25) is 5.02 Å². The second-order valence-corrected chi connectivity index (χ2v) is 10.8. The molecule has 1 amide bonds. The summed E-state index contributed by atoms with van der Waals surface area (Å²) in [5.74, 6) is 1.23. The van der Waals surface area contributed by atoms with Gasteiger partial charge in [0, 0.05) is 5.02 Å². The summed E-state index contributed by atoms with van der Waals surface area (Å²) in [5.41, 5.74) is 1.60. The number of halogens is 1. The van der Waals surface area contributed by atoms with Crippen LogP contribution in [-0.4, -0.2) is 34.2 Å². The Morgan fingerprint density at radius 2 is 1.54 bits per heavy atom. The van der Waals surface area contributed by atoms with Gasteiger partial charge in [-0.25, -0.2) is 8.42 Å². The highest BCUT2D eigenvalue weighted by Crippen LogP contribution is 2.36. The molecule has 8 nitrogen and oxygen atoms in total. The van der Waals surface area contributed by atoms with Crippen molar-refractivity contribution in [3.05, 3.63) is 108 Å². The molecule has 0 saturated carbocycles. The van der Waals surface area contributed by atoms with Crippen LogP contribution in [0.1, 0.15) is 5.56 Å². The molecular weight excluding hydrogens is 540 g/mol. The van der Waals surface area contributed by atoms with Gasteiger partial charge in [-0.2, -0.15) is 0 Å². The van der Waals surface area contributed by atoms with E-state index in [0.717, 1.165) is 16.1 Å². The van der Waals surface area contributed by atoms with Crippen molar-refractivity contribution in [3.63, 3.8) is 0 Å². The third kappa shape index (κ3) is 7.66. The van der Waals surface area contributed by atoms with Gasteiger partial charge in [0.15, 0.2) is 17.2 Å².